The molecular formula is C13H17BF3NO2. The molecule has 1 fully saturated rings. The van der Waals surface area contributed by atoms with E-state index in [0.717, 1.165) is 12.3 Å². The van der Waals surface area contributed by atoms with Crippen LogP contribution in [0.1, 0.15) is 39.0 Å². The van der Waals surface area contributed by atoms with Gasteiger partial charge in [0.25, 0.3) is 0 Å². The highest BCUT2D eigenvalue weighted by Crippen LogP contribution is 2.37. The van der Waals surface area contributed by atoms with E-state index in [1.165, 1.54) is 0 Å². The Bertz CT molecular complexity index is 513. The Morgan fingerprint density at radius 2 is 1.60 bits per heavy atom. The van der Waals surface area contributed by atoms with Gasteiger partial charge in [0.15, 0.2) is 0 Å². The fourth-order valence-electron chi connectivity index (χ4n) is 1.91. The number of halogens is 3. The Labute approximate surface area is 116 Å². The molecule has 1 aromatic heterocycles. The van der Waals surface area contributed by atoms with E-state index in [0.29, 0.717) is 11.2 Å². The predicted molar refractivity (Wildman–Crippen MR) is 69.7 cm³/mol. The SMILES string of the molecule is Cc1ncc(C(F)(F)F)cc1B1OC(C)(C)C(C)(C)O1. The third-order valence-corrected chi connectivity index (χ3v) is 3.96. The normalized spacial score (nSPS) is 21.3. The zero-order valence-electron chi connectivity index (χ0n) is 12.1. The van der Waals surface area contributed by atoms with Crippen molar-refractivity contribution in [3.8, 4) is 0 Å². The van der Waals surface area contributed by atoms with Crippen LogP contribution < -0.4 is 5.46 Å². The van der Waals surface area contributed by atoms with Crippen LogP contribution >= 0.6 is 0 Å². The smallest absolute Gasteiger partial charge is 0.399 e. The van der Waals surface area contributed by atoms with Crippen LogP contribution in [0.15, 0.2) is 12.3 Å². The van der Waals surface area contributed by atoms with Gasteiger partial charge in [0.1, 0.15) is 0 Å². The van der Waals surface area contributed by atoms with Gasteiger partial charge < -0.3 is 9.31 Å². The number of aromatic nitrogens is 1. The summed E-state index contributed by atoms with van der Waals surface area (Å²) in [7, 11) is -0.838. The number of nitrogens with zero attached hydrogens (tertiary/aromatic N) is 1. The number of alkyl halides is 3. The first kappa shape index (κ1) is 15.3. The van der Waals surface area contributed by atoms with Gasteiger partial charge in [-0.25, -0.2) is 0 Å². The summed E-state index contributed by atoms with van der Waals surface area (Å²) in [6.07, 6.45) is -3.61. The van der Waals surface area contributed by atoms with Crippen molar-refractivity contribution in [1.82, 2.24) is 4.98 Å². The van der Waals surface area contributed by atoms with Crippen molar-refractivity contribution in [2.75, 3.05) is 0 Å². The molecule has 0 amide bonds. The van der Waals surface area contributed by atoms with E-state index in [-0.39, 0.29) is 0 Å². The molecule has 0 bridgehead atoms. The number of hydrogen-bond acceptors (Lipinski definition) is 3. The summed E-state index contributed by atoms with van der Waals surface area (Å²) < 4.78 is 49.8. The molecule has 0 N–H and O–H groups in total. The van der Waals surface area contributed by atoms with E-state index in [1.807, 2.05) is 27.7 Å². The standard InChI is InChI=1S/C13H17BF3NO2/c1-8-10(6-9(7-18-8)13(15,16)17)14-19-11(2,3)12(4,5)20-14/h6-7H,1-5H3. The molecule has 0 radical (unpaired) electrons. The van der Waals surface area contributed by atoms with Gasteiger partial charge in [0.2, 0.25) is 0 Å². The summed E-state index contributed by atoms with van der Waals surface area (Å²) in [5.41, 5.74) is -1.21. The van der Waals surface area contributed by atoms with Crippen molar-refractivity contribution in [2.45, 2.75) is 52.0 Å². The van der Waals surface area contributed by atoms with Gasteiger partial charge >= 0.3 is 13.3 Å². The molecule has 0 saturated carbocycles. The third-order valence-electron chi connectivity index (χ3n) is 3.96. The van der Waals surface area contributed by atoms with Crippen LogP contribution in [-0.2, 0) is 15.5 Å². The molecule has 110 valence electrons. The zero-order valence-corrected chi connectivity index (χ0v) is 12.1. The molecule has 1 aromatic rings. The maximum atomic E-state index is 12.8. The average Bonchev–Trinajstić information content (AvgIpc) is 2.46. The van der Waals surface area contributed by atoms with Crippen LogP contribution in [0.4, 0.5) is 13.2 Å². The molecule has 3 nitrogen and oxygen atoms in total. The van der Waals surface area contributed by atoms with E-state index in [9.17, 15) is 13.2 Å². The Morgan fingerprint density at radius 1 is 1.10 bits per heavy atom. The monoisotopic (exact) mass is 287 g/mol. The molecule has 0 aromatic carbocycles. The van der Waals surface area contributed by atoms with Gasteiger partial charge in [0.05, 0.1) is 16.8 Å². The summed E-state index contributed by atoms with van der Waals surface area (Å²) in [5.74, 6) is 0. The van der Waals surface area contributed by atoms with Crippen molar-refractivity contribution in [1.29, 1.82) is 0 Å². The van der Waals surface area contributed by atoms with Gasteiger partial charge in [-0.2, -0.15) is 13.2 Å². The highest BCUT2D eigenvalue weighted by molar-refractivity contribution is 6.62. The van der Waals surface area contributed by atoms with Crippen LogP contribution in [0.25, 0.3) is 0 Å². The Balaban J connectivity index is 2.40. The zero-order chi connectivity index (χ0) is 15.3. The van der Waals surface area contributed by atoms with E-state index in [4.69, 9.17) is 9.31 Å². The number of hydrogen-bond donors (Lipinski definition) is 0. The lowest BCUT2D eigenvalue weighted by molar-refractivity contribution is -0.137. The lowest BCUT2D eigenvalue weighted by Crippen LogP contribution is -2.41. The fourth-order valence-corrected chi connectivity index (χ4v) is 1.91. The number of rotatable bonds is 1. The number of pyridine rings is 1. The maximum Gasteiger partial charge on any atom is 0.496 e. The van der Waals surface area contributed by atoms with Gasteiger partial charge in [0, 0.05) is 17.4 Å². The molecular weight excluding hydrogens is 270 g/mol. The van der Waals surface area contributed by atoms with Crippen molar-refractivity contribution in [2.24, 2.45) is 0 Å². The average molecular weight is 287 g/mol. The van der Waals surface area contributed by atoms with Crippen LogP contribution in [0, 0.1) is 6.92 Å². The number of aryl methyl sites for hydroxylation is 1. The van der Waals surface area contributed by atoms with E-state index >= 15 is 0 Å². The fraction of sp³-hybridized carbons (Fsp3) is 0.615. The third kappa shape index (κ3) is 2.56. The largest absolute Gasteiger partial charge is 0.496 e. The van der Waals surface area contributed by atoms with Crippen LogP contribution in [0.2, 0.25) is 0 Å². The van der Waals surface area contributed by atoms with Crippen LogP contribution in [0.3, 0.4) is 0 Å². The summed E-state index contributed by atoms with van der Waals surface area (Å²) in [6.45, 7) is 9.04. The van der Waals surface area contributed by atoms with Crippen molar-refractivity contribution in [3.05, 3.63) is 23.5 Å². The second-order valence-corrected chi connectivity index (χ2v) is 5.98. The second-order valence-electron chi connectivity index (χ2n) is 5.98. The minimum atomic E-state index is -4.43. The Hall–Kier alpha value is -1.08. The highest BCUT2D eigenvalue weighted by atomic mass is 19.4. The topological polar surface area (TPSA) is 31.4 Å². The van der Waals surface area contributed by atoms with E-state index in [2.05, 4.69) is 4.98 Å². The Morgan fingerprint density at radius 3 is 2.05 bits per heavy atom. The van der Waals surface area contributed by atoms with Gasteiger partial charge in [-0.15, -0.1) is 0 Å². The first-order chi connectivity index (χ1) is 8.94. The molecule has 2 rings (SSSR count). The van der Waals surface area contributed by atoms with Crippen LogP contribution in [0.5, 0.6) is 0 Å². The minimum absolute atomic E-state index is 0.318. The lowest BCUT2D eigenvalue weighted by atomic mass is 9.77. The maximum absolute atomic E-state index is 12.8. The molecule has 20 heavy (non-hydrogen) atoms. The first-order valence-electron chi connectivity index (χ1n) is 6.33. The first-order valence-corrected chi connectivity index (χ1v) is 6.33. The van der Waals surface area contributed by atoms with E-state index < -0.39 is 30.1 Å². The molecule has 0 aliphatic carbocycles. The minimum Gasteiger partial charge on any atom is -0.399 e. The van der Waals surface area contributed by atoms with Crippen LogP contribution in [-0.4, -0.2) is 23.3 Å². The molecule has 7 heteroatoms. The van der Waals surface area contributed by atoms with Crippen molar-refractivity contribution < 1.29 is 22.5 Å². The highest BCUT2D eigenvalue weighted by Gasteiger charge is 2.52. The van der Waals surface area contributed by atoms with Gasteiger partial charge in [-0.05, 0) is 40.7 Å². The van der Waals surface area contributed by atoms with E-state index in [1.54, 1.807) is 6.92 Å². The molecule has 1 aliphatic heterocycles. The van der Waals surface area contributed by atoms with Crippen molar-refractivity contribution in [3.63, 3.8) is 0 Å². The molecule has 0 atom stereocenters. The molecule has 0 spiro atoms. The summed E-state index contributed by atoms with van der Waals surface area (Å²) in [4.78, 5) is 3.81. The summed E-state index contributed by atoms with van der Waals surface area (Å²) >= 11 is 0. The molecule has 1 saturated heterocycles. The predicted octanol–water partition coefficient (Wildman–Crippen LogP) is 2.71. The summed E-state index contributed by atoms with van der Waals surface area (Å²) in [6, 6.07) is 1.05. The molecule has 0 unspecified atom stereocenters. The second kappa shape index (κ2) is 4.46. The van der Waals surface area contributed by atoms with Crippen molar-refractivity contribution >= 4 is 12.6 Å². The van der Waals surface area contributed by atoms with Gasteiger partial charge in [-0.3, -0.25) is 4.98 Å². The molecule has 2 heterocycles. The molecule has 1 aliphatic rings. The summed E-state index contributed by atoms with van der Waals surface area (Å²) in [5, 5.41) is 0. The lowest BCUT2D eigenvalue weighted by Gasteiger charge is -2.32. The quantitative estimate of drug-likeness (QED) is 0.744. The Kier molecular flexibility index (Phi) is 3.42. The van der Waals surface area contributed by atoms with Gasteiger partial charge in [-0.1, -0.05) is 0 Å².